The van der Waals surface area contributed by atoms with Crippen molar-refractivity contribution in [1.82, 2.24) is 4.90 Å². The number of hydrogen-bond donors (Lipinski definition) is 1. The van der Waals surface area contributed by atoms with Crippen LogP contribution in [-0.2, 0) is 30.5 Å². The smallest absolute Gasteiger partial charge is 0.267 e. The number of hydrogen-bond acceptors (Lipinski definition) is 6. The number of aromatic hydroxyl groups is 1. The molecule has 3 aromatic rings. The molecule has 7 heteroatoms. The Hall–Kier alpha value is -3.87. The Morgan fingerprint density at radius 3 is 2.36 bits per heavy atom. The maximum Gasteiger partial charge on any atom is 0.267 e. The van der Waals surface area contributed by atoms with Crippen molar-refractivity contribution in [1.29, 1.82) is 0 Å². The van der Waals surface area contributed by atoms with Crippen molar-refractivity contribution in [2.45, 2.75) is 38.2 Å². The normalized spacial score (nSPS) is 18.9. The van der Waals surface area contributed by atoms with Crippen molar-refractivity contribution in [2.75, 3.05) is 26.5 Å². The van der Waals surface area contributed by atoms with Crippen LogP contribution in [0.5, 0.6) is 28.7 Å². The summed E-state index contributed by atoms with van der Waals surface area (Å²) >= 11 is 0. The van der Waals surface area contributed by atoms with Crippen LogP contribution < -0.4 is 18.9 Å². The van der Waals surface area contributed by atoms with Gasteiger partial charge in [-0.05, 0) is 84.7 Å². The van der Waals surface area contributed by atoms with Gasteiger partial charge in [0, 0.05) is 13.1 Å². The first-order valence-corrected chi connectivity index (χ1v) is 12.5. The summed E-state index contributed by atoms with van der Waals surface area (Å²) in [5, 5.41) is 10.5. The minimum atomic E-state index is -0.674. The number of nitrogens with zero attached hydrogens (tertiary/aromatic N) is 1. The molecule has 1 N–H and O–H groups in total. The molecule has 7 nitrogen and oxygen atoms in total. The molecule has 2 bridgehead atoms. The molecule has 1 amide bonds. The molecule has 0 aliphatic carbocycles. The molecule has 6 rings (SSSR count). The number of aryl methyl sites for hydroxylation is 3. The number of benzene rings is 3. The second-order valence-corrected chi connectivity index (χ2v) is 9.48. The second-order valence-electron chi connectivity index (χ2n) is 9.48. The Balaban J connectivity index is 1.27. The van der Waals surface area contributed by atoms with E-state index in [1.54, 1.807) is 6.07 Å². The van der Waals surface area contributed by atoms with Gasteiger partial charge in [0.2, 0.25) is 12.9 Å². The van der Waals surface area contributed by atoms with Crippen LogP contribution in [0.25, 0.3) is 0 Å². The standard InChI is InChI=1S/C29H29NO6/c31-23-10-7-19-11-13-30(29(32)28-17-33-24-5-1-2-6-25(24)36-28)12-3-4-20-15-26-27(35-18-34-26)16-21(20)8-9-22(23)14-19/h1-2,5-7,10,14-16,28,31H,3-4,8-9,11-13,17-18H2. The fraction of sp³-hybridized carbons (Fsp3) is 0.345. The van der Waals surface area contributed by atoms with Crippen LogP contribution in [0.4, 0.5) is 0 Å². The van der Waals surface area contributed by atoms with E-state index in [2.05, 4.69) is 18.2 Å². The maximum absolute atomic E-state index is 13.6. The lowest BCUT2D eigenvalue weighted by Crippen LogP contribution is -2.47. The van der Waals surface area contributed by atoms with Gasteiger partial charge in [-0.2, -0.15) is 0 Å². The zero-order valence-electron chi connectivity index (χ0n) is 20.1. The first-order valence-electron chi connectivity index (χ1n) is 12.5. The van der Waals surface area contributed by atoms with Crippen LogP contribution in [0, 0.1) is 0 Å². The molecule has 3 aliphatic heterocycles. The zero-order valence-corrected chi connectivity index (χ0v) is 20.1. The number of phenols is 1. The zero-order chi connectivity index (χ0) is 24.5. The average Bonchev–Trinajstić information content (AvgIpc) is 3.37. The number of phenolic OH excluding ortho intramolecular Hbond substituents is 1. The van der Waals surface area contributed by atoms with Crippen LogP contribution in [0.3, 0.4) is 0 Å². The molecule has 0 spiro atoms. The lowest BCUT2D eigenvalue weighted by atomic mass is 9.95. The van der Waals surface area contributed by atoms with E-state index in [1.165, 1.54) is 11.1 Å². The number of amides is 1. The number of rotatable bonds is 1. The van der Waals surface area contributed by atoms with Gasteiger partial charge in [0.1, 0.15) is 12.4 Å². The number of ether oxygens (including phenoxy) is 4. The van der Waals surface area contributed by atoms with Crippen molar-refractivity contribution in [3.8, 4) is 28.7 Å². The minimum absolute atomic E-state index is 0.0655. The summed E-state index contributed by atoms with van der Waals surface area (Å²) in [5.41, 5.74) is 4.38. The van der Waals surface area contributed by atoms with Crippen LogP contribution in [0.2, 0.25) is 0 Å². The Bertz CT molecular complexity index is 1290. The second kappa shape index (κ2) is 9.64. The van der Waals surface area contributed by atoms with Crippen LogP contribution in [0.1, 0.15) is 28.7 Å². The quantitative estimate of drug-likeness (QED) is 0.558. The number of carbonyl (C=O) groups excluding carboxylic acids is 1. The Labute approximate surface area is 210 Å². The minimum Gasteiger partial charge on any atom is -0.508 e. The monoisotopic (exact) mass is 487 g/mol. The molecule has 1 atom stereocenters. The lowest BCUT2D eigenvalue weighted by Gasteiger charge is -2.31. The fourth-order valence-corrected chi connectivity index (χ4v) is 5.16. The molecule has 0 saturated heterocycles. The molecule has 1 unspecified atom stereocenters. The van der Waals surface area contributed by atoms with E-state index in [9.17, 15) is 9.90 Å². The summed E-state index contributed by atoms with van der Waals surface area (Å²) < 4.78 is 23.1. The third-order valence-corrected chi connectivity index (χ3v) is 7.14. The third kappa shape index (κ3) is 4.53. The van der Waals surface area contributed by atoms with Crippen molar-refractivity contribution < 1.29 is 28.8 Å². The highest BCUT2D eigenvalue weighted by Gasteiger charge is 2.31. The largest absolute Gasteiger partial charge is 0.508 e. The first kappa shape index (κ1) is 22.6. The third-order valence-electron chi connectivity index (χ3n) is 7.14. The molecular weight excluding hydrogens is 458 g/mol. The Morgan fingerprint density at radius 1 is 0.778 bits per heavy atom. The van der Waals surface area contributed by atoms with E-state index < -0.39 is 6.10 Å². The molecule has 0 saturated carbocycles. The van der Waals surface area contributed by atoms with Gasteiger partial charge in [0.25, 0.3) is 5.91 Å². The van der Waals surface area contributed by atoms with Crippen LogP contribution >= 0.6 is 0 Å². The van der Waals surface area contributed by atoms with Crippen molar-refractivity contribution >= 4 is 5.91 Å². The summed E-state index contributed by atoms with van der Waals surface area (Å²) in [5.74, 6) is 3.03. The molecular formula is C29H29NO6. The van der Waals surface area contributed by atoms with Gasteiger partial charge in [-0.25, -0.2) is 0 Å². The van der Waals surface area contributed by atoms with Crippen molar-refractivity contribution in [3.63, 3.8) is 0 Å². The molecule has 3 heterocycles. The summed E-state index contributed by atoms with van der Waals surface area (Å²) in [6.45, 7) is 1.61. The Morgan fingerprint density at radius 2 is 1.53 bits per heavy atom. The van der Waals surface area contributed by atoms with Gasteiger partial charge in [0.15, 0.2) is 23.0 Å². The molecule has 3 aliphatic rings. The van der Waals surface area contributed by atoms with Gasteiger partial charge in [-0.15, -0.1) is 0 Å². The predicted molar refractivity (Wildman–Crippen MR) is 133 cm³/mol. The SMILES string of the molecule is O=C(C1COc2ccccc2O1)N1CCCc2cc3c(cc2CCc2cc(ccc2O)CC1)OCO3. The number of carbonyl (C=O) groups is 1. The van der Waals surface area contributed by atoms with Crippen LogP contribution in [-0.4, -0.2) is 48.5 Å². The van der Waals surface area contributed by atoms with E-state index in [0.29, 0.717) is 36.8 Å². The maximum atomic E-state index is 13.6. The van der Waals surface area contributed by atoms with E-state index in [0.717, 1.165) is 48.3 Å². The van der Waals surface area contributed by atoms with Crippen molar-refractivity contribution in [3.05, 3.63) is 76.9 Å². The number of para-hydroxylation sites is 2. The van der Waals surface area contributed by atoms with Gasteiger partial charge in [-0.3, -0.25) is 4.79 Å². The van der Waals surface area contributed by atoms with Gasteiger partial charge in [0.05, 0.1) is 0 Å². The molecule has 0 aromatic heterocycles. The highest BCUT2D eigenvalue weighted by atomic mass is 16.7. The molecule has 36 heavy (non-hydrogen) atoms. The van der Waals surface area contributed by atoms with Gasteiger partial charge in [-0.1, -0.05) is 24.3 Å². The highest BCUT2D eigenvalue weighted by Crippen LogP contribution is 2.36. The average molecular weight is 488 g/mol. The van der Waals surface area contributed by atoms with E-state index >= 15 is 0 Å². The van der Waals surface area contributed by atoms with Gasteiger partial charge < -0.3 is 29.0 Å². The van der Waals surface area contributed by atoms with E-state index in [1.807, 2.05) is 35.2 Å². The topological polar surface area (TPSA) is 77.5 Å². The van der Waals surface area contributed by atoms with E-state index in [4.69, 9.17) is 18.9 Å². The number of fused-ring (bicyclic) bond motifs is 5. The summed E-state index contributed by atoms with van der Waals surface area (Å²) in [6, 6.07) is 17.3. The van der Waals surface area contributed by atoms with Gasteiger partial charge >= 0.3 is 0 Å². The lowest BCUT2D eigenvalue weighted by molar-refractivity contribution is -0.141. The van der Waals surface area contributed by atoms with Crippen molar-refractivity contribution in [2.24, 2.45) is 0 Å². The van der Waals surface area contributed by atoms with E-state index in [-0.39, 0.29) is 19.3 Å². The highest BCUT2D eigenvalue weighted by molar-refractivity contribution is 5.82. The summed E-state index contributed by atoms with van der Waals surface area (Å²) in [6.07, 6.45) is 3.16. The molecule has 0 radical (unpaired) electrons. The summed E-state index contributed by atoms with van der Waals surface area (Å²) in [7, 11) is 0. The fourth-order valence-electron chi connectivity index (χ4n) is 5.16. The predicted octanol–water partition coefficient (Wildman–Crippen LogP) is 4.06. The van der Waals surface area contributed by atoms with Crippen LogP contribution in [0.15, 0.2) is 54.6 Å². The summed E-state index contributed by atoms with van der Waals surface area (Å²) in [4.78, 5) is 15.5. The Kier molecular flexibility index (Phi) is 6.05. The first-order chi connectivity index (χ1) is 17.6. The molecule has 186 valence electrons. The molecule has 3 aromatic carbocycles. The molecule has 0 fully saturated rings.